The molecule has 1 fully saturated rings. The molecule has 0 amide bonds. The molecular formula is C19H25F3N6. The number of nitrogens with zero attached hydrogens (tertiary/aromatic N) is 5. The third kappa shape index (κ3) is 4.13. The van der Waals surface area contributed by atoms with E-state index in [1.54, 1.807) is 17.8 Å². The van der Waals surface area contributed by atoms with Gasteiger partial charge in [0.25, 0.3) is 0 Å². The van der Waals surface area contributed by atoms with Crippen molar-refractivity contribution in [3.8, 4) is 0 Å². The second-order valence-corrected chi connectivity index (χ2v) is 7.27. The minimum absolute atomic E-state index is 0.303. The fraction of sp³-hybridized carbons (Fsp3) is 0.526. The summed E-state index contributed by atoms with van der Waals surface area (Å²) in [5.41, 5.74) is -0.171. The van der Waals surface area contributed by atoms with E-state index in [0.29, 0.717) is 19.0 Å². The van der Waals surface area contributed by atoms with Crippen LogP contribution in [0.5, 0.6) is 0 Å². The maximum Gasteiger partial charge on any atom is 0.416 e. The Kier molecular flexibility index (Phi) is 5.62. The Morgan fingerprint density at radius 3 is 2.64 bits per heavy atom. The third-order valence-electron chi connectivity index (χ3n) is 5.45. The first kappa shape index (κ1) is 20.2. The normalized spacial score (nSPS) is 16.6. The van der Waals surface area contributed by atoms with Crippen LogP contribution in [0.15, 0.2) is 35.6 Å². The molecule has 0 atom stereocenters. The van der Waals surface area contributed by atoms with Crippen molar-refractivity contribution in [1.29, 1.82) is 0 Å². The maximum absolute atomic E-state index is 13.1. The van der Waals surface area contributed by atoms with E-state index in [9.17, 15) is 13.2 Å². The van der Waals surface area contributed by atoms with Crippen LogP contribution in [0, 0.1) is 0 Å². The summed E-state index contributed by atoms with van der Waals surface area (Å²) < 4.78 is 41.0. The number of rotatable bonds is 5. The Bertz CT molecular complexity index is 838. The summed E-state index contributed by atoms with van der Waals surface area (Å²) in [4.78, 5) is 10.4. The van der Waals surface area contributed by atoms with E-state index >= 15 is 0 Å². The highest BCUT2D eigenvalue weighted by Crippen LogP contribution is 2.44. The van der Waals surface area contributed by atoms with Gasteiger partial charge in [-0.05, 0) is 24.5 Å². The monoisotopic (exact) mass is 394 g/mol. The zero-order valence-corrected chi connectivity index (χ0v) is 16.3. The number of hydrogen-bond acceptors (Lipinski definition) is 3. The maximum atomic E-state index is 13.1. The highest BCUT2D eigenvalue weighted by atomic mass is 19.4. The molecule has 9 heteroatoms. The molecular weight excluding hydrogens is 369 g/mol. The van der Waals surface area contributed by atoms with Crippen LogP contribution in [0.2, 0.25) is 0 Å². The highest BCUT2D eigenvalue weighted by Gasteiger charge is 2.40. The van der Waals surface area contributed by atoms with Gasteiger partial charge in [-0.25, -0.2) is 4.98 Å². The molecule has 28 heavy (non-hydrogen) atoms. The predicted octanol–water partition coefficient (Wildman–Crippen LogP) is 2.96. The molecule has 152 valence electrons. The number of aryl methyl sites for hydroxylation is 1. The van der Waals surface area contributed by atoms with Crippen molar-refractivity contribution in [2.45, 2.75) is 37.4 Å². The van der Waals surface area contributed by atoms with Crippen LogP contribution in [0.4, 0.5) is 13.2 Å². The summed E-state index contributed by atoms with van der Waals surface area (Å²) in [7, 11) is 5.40. The number of hydrogen-bond donors (Lipinski definition) is 1. The highest BCUT2D eigenvalue weighted by molar-refractivity contribution is 5.79. The first-order chi connectivity index (χ1) is 13.2. The first-order valence-electron chi connectivity index (χ1n) is 9.17. The quantitative estimate of drug-likeness (QED) is 0.626. The minimum Gasteiger partial charge on any atom is -0.355 e. The van der Waals surface area contributed by atoms with E-state index in [4.69, 9.17) is 0 Å². The van der Waals surface area contributed by atoms with E-state index in [1.807, 2.05) is 19.0 Å². The number of aliphatic imine (C=N–C) groups is 1. The van der Waals surface area contributed by atoms with Gasteiger partial charge >= 0.3 is 6.18 Å². The van der Waals surface area contributed by atoms with Crippen molar-refractivity contribution in [1.82, 2.24) is 25.0 Å². The number of nitrogens with one attached hydrogen (secondary N) is 1. The van der Waals surface area contributed by atoms with Gasteiger partial charge in [0.1, 0.15) is 12.2 Å². The van der Waals surface area contributed by atoms with E-state index < -0.39 is 11.7 Å². The predicted molar refractivity (Wildman–Crippen MR) is 101 cm³/mol. The molecule has 6 nitrogen and oxygen atoms in total. The fourth-order valence-corrected chi connectivity index (χ4v) is 3.58. The van der Waals surface area contributed by atoms with Crippen molar-refractivity contribution >= 4 is 5.96 Å². The molecule has 1 aromatic carbocycles. The van der Waals surface area contributed by atoms with Crippen LogP contribution in [0.3, 0.4) is 0 Å². The molecule has 0 radical (unpaired) electrons. The number of alkyl halides is 3. The van der Waals surface area contributed by atoms with E-state index in [0.717, 1.165) is 36.7 Å². The summed E-state index contributed by atoms with van der Waals surface area (Å²) >= 11 is 0. The largest absolute Gasteiger partial charge is 0.416 e. The average Bonchev–Trinajstić information content (AvgIpc) is 3.01. The van der Waals surface area contributed by atoms with E-state index in [2.05, 4.69) is 20.4 Å². The zero-order chi connectivity index (χ0) is 20.4. The van der Waals surface area contributed by atoms with Crippen molar-refractivity contribution in [2.24, 2.45) is 12.0 Å². The molecule has 0 bridgehead atoms. The van der Waals surface area contributed by atoms with Crippen molar-refractivity contribution in [2.75, 3.05) is 20.6 Å². The van der Waals surface area contributed by atoms with Crippen molar-refractivity contribution in [3.05, 3.63) is 47.5 Å². The van der Waals surface area contributed by atoms with Crippen molar-refractivity contribution < 1.29 is 13.2 Å². The van der Waals surface area contributed by atoms with Gasteiger partial charge in [-0.1, -0.05) is 24.6 Å². The zero-order valence-electron chi connectivity index (χ0n) is 16.3. The lowest BCUT2D eigenvalue weighted by atomic mass is 9.64. The molecule has 1 aliphatic rings. The minimum atomic E-state index is -4.33. The number of halogens is 3. The number of aromatic nitrogens is 3. The summed E-state index contributed by atoms with van der Waals surface area (Å²) in [5, 5.41) is 7.39. The molecule has 1 aliphatic carbocycles. The Morgan fingerprint density at radius 2 is 2.11 bits per heavy atom. The van der Waals surface area contributed by atoms with Crippen LogP contribution in [-0.4, -0.2) is 46.3 Å². The molecule has 1 aromatic heterocycles. The van der Waals surface area contributed by atoms with E-state index in [-0.39, 0.29) is 5.41 Å². The first-order valence-corrected chi connectivity index (χ1v) is 9.17. The molecule has 1 heterocycles. The van der Waals surface area contributed by atoms with Gasteiger partial charge < -0.3 is 10.2 Å². The molecule has 0 aliphatic heterocycles. The molecule has 3 rings (SSSR count). The Morgan fingerprint density at radius 1 is 1.36 bits per heavy atom. The molecule has 0 unspecified atom stereocenters. The standard InChI is InChI=1S/C19H25F3N6/c1-23-17(27(2)11-16-25-13-26-28(16)3)24-12-18(8-5-9-18)14-6-4-7-15(10-14)19(20,21)22/h4,6-7,10,13H,5,8-9,11-12H2,1-3H3,(H,23,24). The average molecular weight is 394 g/mol. The van der Waals surface area contributed by atoms with Crippen LogP contribution >= 0.6 is 0 Å². The topological polar surface area (TPSA) is 58.3 Å². The van der Waals surface area contributed by atoms with Gasteiger partial charge in [0.05, 0.1) is 12.1 Å². The van der Waals surface area contributed by atoms with Crippen LogP contribution in [-0.2, 0) is 25.2 Å². The van der Waals surface area contributed by atoms with E-state index in [1.165, 1.54) is 18.5 Å². The summed E-state index contributed by atoms with van der Waals surface area (Å²) in [6.45, 7) is 1.05. The lowest BCUT2D eigenvalue weighted by Gasteiger charge is -2.43. The van der Waals surface area contributed by atoms with Gasteiger partial charge in [0.15, 0.2) is 5.96 Å². The van der Waals surface area contributed by atoms with Gasteiger partial charge in [0, 0.05) is 33.1 Å². The van der Waals surface area contributed by atoms with Gasteiger partial charge in [0.2, 0.25) is 0 Å². The lowest BCUT2D eigenvalue weighted by Crippen LogP contribution is -2.49. The molecule has 0 saturated heterocycles. The van der Waals surface area contributed by atoms with Gasteiger partial charge in [-0.2, -0.15) is 18.3 Å². The van der Waals surface area contributed by atoms with Gasteiger partial charge in [-0.15, -0.1) is 0 Å². The Balaban J connectivity index is 1.71. The Hall–Kier alpha value is -2.58. The Labute approximate surface area is 162 Å². The number of guanidine groups is 1. The molecule has 2 aromatic rings. The molecule has 1 N–H and O–H groups in total. The fourth-order valence-electron chi connectivity index (χ4n) is 3.58. The summed E-state index contributed by atoms with van der Waals surface area (Å²) in [5.74, 6) is 1.46. The van der Waals surface area contributed by atoms with Crippen LogP contribution in [0.1, 0.15) is 36.2 Å². The summed E-state index contributed by atoms with van der Waals surface area (Å²) in [6, 6.07) is 5.69. The second-order valence-electron chi connectivity index (χ2n) is 7.27. The van der Waals surface area contributed by atoms with Crippen LogP contribution in [0.25, 0.3) is 0 Å². The lowest BCUT2D eigenvalue weighted by molar-refractivity contribution is -0.137. The third-order valence-corrected chi connectivity index (χ3v) is 5.45. The second kappa shape index (κ2) is 7.81. The van der Waals surface area contributed by atoms with Crippen molar-refractivity contribution in [3.63, 3.8) is 0 Å². The molecule has 1 saturated carbocycles. The number of benzene rings is 1. The smallest absolute Gasteiger partial charge is 0.355 e. The molecule has 0 spiro atoms. The van der Waals surface area contributed by atoms with Crippen LogP contribution < -0.4 is 5.32 Å². The SMILES string of the molecule is CN=C(NCC1(c2cccc(C(F)(F)F)c2)CCC1)N(C)Cc1ncnn1C. The summed E-state index contributed by atoms with van der Waals surface area (Å²) in [6.07, 6.45) is -0.126. The van der Waals surface area contributed by atoms with Gasteiger partial charge in [-0.3, -0.25) is 9.67 Å².